The molecule has 0 atom stereocenters. The van der Waals surface area contributed by atoms with Gasteiger partial charge in [0, 0.05) is 25.3 Å². The lowest BCUT2D eigenvalue weighted by Gasteiger charge is -2.25. The van der Waals surface area contributed by atoms with Crippen LogP contribution in [0.4, 0.5) is 17.5 Å². The van der Waals surface area contributed by atoms with Crippen LogP contribution in [0.2, 0.25) is 0 Å². The molecule has 0 bridgehead atoms. The van der Waals surface area contributed by atoms with Crippen LogP contribution < -0.4 is 9.80 Å². The van der Waals surface area contributed by atoms with Crippen LogP contribution in [0.1, 0.15) is 25.0 Å². The minimum atomic E-state index is 0.627. The van der Waals surface area contributed by atoms with Crippen molar-refractivity contribution in [2.45, 2.75) is 27.3 Å². The second-order valence-electron chi connectivity index (χ2n) is 6.20. The van der Waals surface area contributed by atoms with E-state index in [4.69, 9.17) is 4.98 Å². The van der Waals surface area contributed by atoms with Crippen LogP contribution >= 0.6 is 0 Å². The Labute approximate surface area is 155 Å². The molecule has 0 aliphatic heterocycles. The third kappa shape index (κ3) is 4.17. The van der Waals surface area contributed by atoms with E-state index in [0.717, 1.165) is 31.1 Å². The molecule has 0 amide bonds. The van der Waals surface area contributed by atoms with Gasteiger partial charge >= 0.3 is 0 Å². The Hall–Kier alpha value is -2.95. The summed E-state index contributed by atoms with van der Waals surface area (Å²) in [5.41, 5.74) is 3.54. The molecule has 26 heavy (non-hydrogen) atoms. The first-order chi connectivity index (χ1) is 12.7. The summed E-state index contributed by atoms with van der Waals surface area (Å²) in [5, 5.41) is 8.49. The van der Waals surface area contributed by atoms with Crippen LogP contribution in [0.5, 0.6) is 0 Å². The van der Waals surface area contributed by atoms with E-state index in [1.807, 2.05) is 6.07 Å². The van der Waals surface area contributed by atoms with Gasteiger partial charge in [-0.25, -0.2) is 0 Å². The summed E-state index contributed by atoms with van der Waals surface area (Å²) in [6.07, 6.45) is 1.74. The SMILES string of the molecule is CCN(Cc1ccccc1)c1cnnc(N(CC)c2cccc(C)c2)n1. The van der Waals surface area contributed by atoms with Gasteiger partial charge in [0.2, 0.25) is 0 Å². The number of nitrogens with zero attached hydrogens (tertiary/aromatic N) is 5. The van der Waals surface area contributed by atoms with Gasteiger partial charge in [-0.05, 0) is 44.0 Å². The van der Waals surface area contributed by atoms with Crippen LogP contribution in [0.25, 0.3) is 0 Å². The first-order valence-electron chi connectivity index (χ1n) is 9.04. The molecule has 5 nitrogen and oxygen atoms in total. The quantitative estimate of drug-likeness (QED) is 0.635. The molecule has 1 aromatic heterocycles. The fraction of sp³-hybridized carbons (Fsp3) is 0.286. The zero-order valence-corrected chi connectivity index (χ0v) is 15.6. The van der Waals surface area contributed by atoms with E-state index in [-0.39, 0.29) is 0 Å². The van der Waals surface area contributed by atoms with Crippen molar-refractivity contribution in [3.05, 3.63) is 71.9 Å². The Morgan fingerprint density at radius 1 is 0.923 bits per heavy atom. The number of hydrogen-bond acceptors (Lipinski definition) is 5. The molecular weight excluding hydrogens is 322 g/mol. The van der Waals surface area contributed by atoms with Crippen LogP contribution in [-0.2, 0) is 6.54 Å². The highest BCUT2D eigenvalue weighted by Gasteiger charge is 2.14. The number of aromatic nitrogens is 3. The Balaban J connectivity index is 1.88. The summed E-state index contributed by atoms with van der Waals surface area (Å²) in [7, 11) is 0. The molecule has 3 rings (SSSR count). The lowest BCUT2D eigenvalue weighted by Crippen LogP contribution is -2.25. The topological polar surface area (TPSA) is 45.2 Å². The number of hydrogen-bond donors (Lipinski definition) is 0. The predicted octanol–water partition coefficient (Wildman–Crippen LogP) is 4.36. The summed E-state index contributed by atoms with van der Waals surface area (Å²) in [6.45, 7) is 8.74. The number of aryl methyl sites for hydroxylation is 1. The van der Waals surface area contributed by atoms with E-state index in [1.165, 1.54) is 11.1 Å². The molecule has 0 saturated carbocycles. The largest absolute Gasteiger partial charge is 0.351 e. The van der Waals surface area contributed by atoms with E-state index < -0.39 is 0 Å². The molecule has 1 heterocycles. The predicted molar refractivity (Wildman–Crippen MR) is 107 cm³/mol. The third-order valence-corrected chi connectivity index (χ3v) is 4.33. The van der Waals surface area contributed by atoms with Crippen molar-refractivity contribution in [2.24, 2.45) is 0 Å². The molecule has 0 unspecified atom stereocenters. The molecule has 0 N–H and O–H groups in total. The van der Waals surface area contributed by atoms with Crippen LogP contribution in [0.3, 0.4) is 0 Å². The standard InChI is InChI=1S/C21H25N5/c1-4-25(16-18-11-7-6-8-12-18)20-15-22-24-21(23-20)26(5-2)19-13-9-10-17(3)14-19/h6-15H,4-5,16H2,1-3H3. The monoisotopic (exact) mass is 347 g/mol. The number of anilines is 3. The minimum absolute atomic E-state index is 0.627. The maximum atomic E-state index is 4.80. The van der Waals surface area contributed by atoms with Gasteiger partial charge in [0.25, 0.3) is 5.95 Å². The Morgan fingerprint density at radius 3 is 2.42 bits per heavy atom. The van der Waals surface area contributed by atoms with Crippen molar-refractivity contribution in [3.8, 4) is 0 Å². The van der Waals surface area contributed by atoms with E-state index >= 15 is 0 Å². The van der Waals surface area contributed by atoms with E-state index in [0.29, 0.717) is 5.95 Å². The second-order valence-corrected chi connectivity index (χ2v) is 6.20. The van der Waals surface area contributed by atoms with Crippen molar-refractivity contribution in [1.82, 2.24) is 15.2 Å². The summed E-state index contributed by atoms with van der Waals surface area (Å²) in [4.78, 5) is 9.08. The highest BCUT2D eigenvalue weighted by molar-refractivity contribution is 5.59. The molecule has 3 aromatic rings. The Bertz CT molecular complexity index is 835. The fourth-order valence-corrected chi connectivity index (χ4v) is 2.95. The maximum absolute atomic E-state index is 4.80. The minimum Gasteiger partial charge on any atom is -0.351 e. The fourth-order valence-electron chi connectivity index (χ4n) is 2.95. The molecule has 0 aliphatic carbocycles. The van der Waals surface area contributed by atoms with Crippen molar-refractivity contribution in [2.75, 3.05) is 22.9 Å². The molecular formula is C21H25N5. The van der Waals surface area contributed by atoms with Crippen molar-refractivity contribution in [1.29, 1.82) is 0 Å². The van der Waals surface area contributed by atoms with Crippen LogP contribution in [0, 0.1) is 6.92 Å². The summed E-state index contributed by atoms with van der Waals surface area (Å²) >= 11 is 0. The number of rotatable bonds is 7. The van der Waals surface area contributed by atoms with Gasteiger partial charge in [-0.3, -0.25) is 0 Å². The summed E-state index contributed by atoms with van der Waals surface area (Å²) < 4.78 is 0. The van der Waals surface area contributed by atoms with Crippen LogP contribution in [-0.4, -0.2) is 28.3 Å². The van der Waals surface area contributed by atoms with Gasteiger partial charge in [0.1, 0.15) is 0 Å². The molecule has 2 aromatic carbocycles. The zero-order valence-electron chi connectivity index (χ0n) is 15.6. The average molecular weight is 347 g/mol. The Morgan fingerprint density at radius 2 is 1.73 bits per heavy atom. The maximum Gasteiger partial charge on any atom is 0.251 e. The van der Waals surface area contributed by atoms with Crippen LogP contribution in [0.15, 0.2) is 60.8 Å². The lowest BCUT2D eigenvalue weighted by molar-refractivity contribution is 0.787. The molecule has 5 heteroatoms. The molecule has 134 valence electrons. The molecule has 0 radical (unpaired) electrons. The molecule has 0 saturated heterocycles. The molecule has 0 spiro atoms. The highest BCUT2D eigenvalue weighted by Crippen LogP contribution is 2.24. The smallest absolute Gasteiger partial charge is 0.251 e. The Kier molecular flexibility index (Phi) is 5.79. The van der Waals surface area contributed by atoms with Gasteiger partial charge in [-0.2, -0.15) is 10.1 Å². The summed E-state index contributed by atoms with van der Waals surface area (Å²) in [5.74, 6) is 1.47. The van der Waals surface area contributed by atoms with Gasteiger partial charge in [-0.1, -0.05) is 42.5 Å². The average Bonchev–Trinajstić information content (AvgIpc) is 2.68. The highest BCUT2D eigenvalue weighted by atomic mass is 15.3. The normalized spacial score (nSPS) is 10.6. The van der Waals surface area contributed by atoms with Gasteiger partial charge < -0.3 is 9.80 Å². The lowest BCUT2D eigenvalue weighted by atomic mass is 10.2. The first-order valence-corrected chi connectivity index (χ1v) is 9.04. The van der Waals surface area contributed by atoms with Crippen molar-refractivity contribution in [3.63, 3.8) is 0 Å². The van der Waals surface area contributed by atoms with Gasteiger partial charge in [0.15, 0.2) is 5.82 Å². The summed E-state index contributed by atoms with van der Waals surface area (Å²) in [6, 6.07) is 18.8. The molecule has 0 fully saturated rings. The van der Waals surface area contributed by atoms with E-state index in [9.17, 15) is 0 Å². The zero-order chi connectivity index (χ0) is 18.4. The number of benzene rings is 2. The molecule has 0 aliphatic rings. The second kappa shape index (κ2) is 8.43. The van der Waals surface area contributed by atoms with Crippen molar-refractivity contribution >= 4 is 17.5 Å². The van der Waals surface area contributed by atoms with Gasteiger partial charge in [0.05, 0.1) is 6.20 Å². The van der Waals surface area contributed by atoms with E-state index in [2.05, 4.69) is 89.3 Å². The third-order valence-electron chi connectivity index (χ3n) is 4.33. The van der Waals surface area contributed by atoms with E-state index in [1.54, 1.807) is 6.20 Å². The van der Waals surface area contributed by atoms with Gasteiger partial charge in [-0.15, -0.1) is 5.10 Å². The van der Waals surface area contributed by atoms with Crippen molar-refractivity contribution < 1.29 is 0 Å². The first kappa shape index (κ1) is 17.9.